The number of nitrogens with zero attached hydrogens (tertiary/aromatic N) is 2. The summed E-state index contributed by atoms with van der Waals surface area (Å²) in [6.45, 7) is 2.07. The Kier molecular flexibility index (Phi) is 1.87. The van der Waals surface area contributed by atoms with Crippen LogP contribution in [0.5, 0.6) is 0 Å². The van der Waals surface area contributed by atoms with Crippen molar-refractivity contribution < 1.29 is 4.42 Å². The van der Waals surface area contributed by atoms with Gasteiger partial charge in [0, 0.05) is 12.3 Å². The number of rotatable bonds is 3. The molecule has 0 amide bonds. The predicted octanol–water partition coefficient (Wildman–Crippen LogP) is 2.50. The zero-order valence-corrected chi connectivity index (χ0v) is 8.66. The van der Waals surface area contributed by atoms with Gasteiger partial charge in [-0.3, -0.25) is 5.10 Å². The zero-order valence-electron chi connectivity index (χ0n) is 8.66. The van der Waals surface area contributed by atoms with Crippen LogP contribution in [0, 0.1) is 0 Å². The molecular formula is C11H13N3O. The first kappa shape index (κ1) is 8.71. The van der Waals surface area contributed by atoms with E-state index in [1.165, 1.54) is 12.8 Å². The van der Waals surface area contributed by atoms with Crippen molar-refractivity contribution in [3.63, 3.8) is 0 Å². The summed E-state index contributed by atoms with van der Waals surface area (Å²) in [4.78, 5) is 4.50. The van der Waals surface area contributed by atoms with Gasteiger partial charge in [-0.05, 0) is 18.9 Å². The molecule has 2 aromatic heterocycles. The number of aromatic nitrogens is 3. The number of furan rings is 1. The van der Waals surface area contributed by atoms with E-state index in [4.69, 9.17) is 4.42 Å². The maximum Gasteiger partial charge on any atom is 0.184 e. The summed E-state index contributed by atoms with van der Waals surface area (Å²) >= 11 is 0. The fourth-order valence-electron chi connectivity index (χ4n) is 1.75. The highest BCUT2D eigenvalue weighted by atomic mass is 16.3. The molecule has 1 N–H and O–H groups in total. The summed E-state index contributed by atoms with van der Waals surface area (Å²) in [5, 5.41) is 7.24. The third-order valence-electron chi connectivity index (χ3n) is 2.77. The number of hydrogen-bond donors (Lipinski definition) is 1. The molecule has 1 aliphatic rings. The van der Waals surface area contributed by atoms with Gasteiger partial charge < -0.3 is 4.42 Å². The van der Waals surface area contributed by atoms with E-state index in [1.807, 2.05) is 6.07 Å². The van der Waals surface area contributed by atoms with E-state index >= 15 is 0 Å². The number of H-pyrrole nitrogens is 1. The average Bonchev–Trinajstić information content (AvgIpc) is 2.83. The number of nitrogens with one attached hydrogen (secondary N) is 1. The van der Waals surface area contributed by atoms with Gasteiger partial charge in [0.25, 0.3) is 0 Å². The smallest absolute Gasteiger partial charge is 0.184 e. The second kappa shape index (κ2) is 3.22. The first-order valence-electron chi connectivity index (χ1n) is 5.37. The number of hydrogen-bond acceptors (Lipinski definition) is 3. The normalized spacial score (nSPS) is 15.8. The fourth-order valence-corrected chi connectivity index (χ4v) is 1.75. The molecule has 2 aromatic rings. The van der Waals surface area contributed by atoms with Crippen molar-refractivity contribution in [1.82, 2.24) is 15.2 Å². The first-order valence-corrected chi connectivity index (χ1v) is 5.37. The van der Waals surface area contributed by atoms with E-state index in [9.17, 15) is 0 Å². The van der Waals surface area contributed by atoms with Gasteiger partial charge in [0.05, 0.1) is 11.8 Å². The minimum atomic E-state index is 0.614. The predicted molar refractivity (Wildman–Crippen MR) is 55.4 cm³/mol. The molecule has 3 rings (SSSR count). The Morgan fingerprint density at radius 2 is 2.40 bits per heavy atom. The average molecular weight is 203 g/mol. The standard InChI is InChI=1S/C11H13N3O/c1-2-9-8(5-6-15-9)11-12-10(13-14-11)7-3-4-7/h5-7H,2-4H2,1H3,(H,12,13,14). The lowest BCUT2D eigenvalue weighted by atomic mass is 10.2. The summed E-state index contributed by atoms with van der Waals surface area (Å²) < 4.78 is 5.36. The summed E-state index contributed by atoms with van der Waals surface area (Å²) in [7, 11) is 0. The molecule has 15 heavy (non-hydrogen) atoms. The Hall–Kier alpha value is -1.58. The van der Waals surface area contributed by atoms with Gasteiger partial charge in [-0.15, -0.1) is 0 Å². The van der Waals surface area contributed by atoms with Gasteiger partial charge in [0.2, 0.25) is 0 Å². The minimum Gasteiger partial charge on any atom is -0.469 e. The lowest BCUT2D eigenvalue weighted by Crippen LogP contribution is -1.84. The van der Waals surface area contributed by atoms with Crippen LogP contribution in [0.25, 0.3) is 11.4 Å². The van der Waals surface area contributed by atoms with E-state index in [-0.39, 0.29) is 0 Å². The molecule has 1 fully saturated rings. The molecule has 4 nitrogen and oxygen atoms in total. The second-order valence-corrected chi connectivity index (χ2v) is 3.93. The van der Waals surface area contributed by atoms with Crippen molar-refractivity contribution in [2.75, 3.05) is 0 Å². The lowest BCUT2D eigenvalue weighted by molar-refractivity contribution is 0.517. The van der Waals surface area contributed by atoms with Crippen LogP contribution >= 0.6 is 0 Å². The zero-order chi connectivity index (χ0) is 10.3. The van der Waals surface area contributed by atoms with Crippen molar-refractivity contribution >= 4 is 0 Å². The maximum absolute atomic E-state index is 5.36. The number of aryl methyl sites for hydroxylation is 1. The Morgan fingerprint density at radius 3 is 3.13 bits per heavy atom. The van der Waals surface area contributed by atoms with Crippen LogP contribution in [-0.4, -0.2) is 15.2 Å². The van der Waals surface area contributed by atoms with Crippen molar-refractivity contribution in [2.45, 2.75) is 32.1 Å². The largest absolute Gasteiger partial charge is 0.469 e. The van der Waals surface area contributed by atoms with Crippen LogP contribution in [0.2, 0.25) is 0 Å². The topological polar surface area (TPSA) is 54.7 Å². The quantitative estimate of drug-likeness (QED) is 0.833. The maximum atomic E-state index is 5.36. The van der Waals surface area contributed by atoms with E-state index in [0.717, 1.165) is 29.4 Å². The molecule has 0 saturated heterocycles. The third kappa shape index (κ3) is 1.46. The van der Waals surface area contributed by atoms with Crippen molar-refractivity contribution in [3.05, 3.63) is 23.9 Å². The molecule has 0 bridgehead atoms. The summed E-state index contributed by atoms with van der Waals surface area (Å²) in [6, 6.07) is 1.93. The van der Waals surface area contributed by atoms with E-state index in [1.54, 1.807) is 6.26 Å². The lowest BCUT2D eigenvalue weighted by Gasteiger charge is -1.92. The van der Waals surface area contributed by atoms with E-state index < -0.39 is 0 Å². The van der Waals surface area contributed by atoms with E-state index in [0.29, 0.717) is 5.92 Å². The highest BCUT2D eigenvalue weighted by Gasteiger charge is 2.27. The highest BCUT2D eigenvalue weighted by Crippen LogP contribution is 2.38. The summed E-state index contributed by atoms with van der Waals surface area (Å²) in [5.74, 6) is 3.36. The molecule has 0 aliphatic heterocycles. The summed E-state index contributed by atoms with van der Waals surface area (Å²) in [6.07, 6.45) is 5.04. The summed E-state index contributed by atoms with van der Waals surface area (Å²) in [5.41, 5.74) is 1.01. The van der Waals surface area contributed by atoms with Gasteiger partial charge in [-0.1, -0.05) is 6.92 Å². The SMILES string of the molecule is CCc1occc1-c1n[nH]c(C2CC2)n1. The van der Waals surface area contributed by atoms with Crippen LogP contribution in [0.1, 0.15) is 37.3 Å². The molecule has 4 heteroatoms. The van der Waals surface area contributed by atoms with Gasteiger partial charge in [-0.2, -0.15) is 5.10 Å². The molecule has 1 aliphatic carbocycles. The molecule has 0 radical (unpaired) electrons. The van der Waals surface area contributed by atoms with Crippen molar-refractivity contribution in [1.29, 1.82) is 0 Å². The van der Waals surface area contributed by atoms with Crippen LogP contribution in [0.4, 0.5) is 0 Å². The first-order chi connectivity index (χ1) is 7.38. The minimum absolute atomic E-state index is 0.614. The Balaban J connectivity index is 1.97. The monoisotopic (exact) mass is 203 g/mol. The Bertz CT molecular complexity index is 468. The molecule has 1 saturated carbocycles. The molecule has 0 aromatic carbocycles. The molecular weight excluding hydrogens is 190 g/mol. The highest BCUT2D eigenvalue weighted by molar-refractivity contribution is 5.57. The molecule has 78 valence electrons. The van der Waals surface area contributed by atoms with Crippen LogP contribution < -0.4 is 0 Å². The van der Waals surface area contributed by atoms with Crippen LogP contribution in [-0.2, 0) is 6.42 Å². The van der Waals surface area contributed by atoms with Gasteiger partial charge in [0.1, 0.15) is 11.6 Å². The molecule has 0 atom stereocenters. The number of aromatic amines is 1. The van der Waals surface area contributed by atoms with Crippen molar-refractivity contribution in [2.24, 2.45) is 0 Å². The van der Waals surface area contributed by atoms with Crippen LogP contribution in [0.3, 0.4) is 0 Å². The van der Waals surface area contributed by atoms with Crippen LogP contribution in [0.15, 0.2) is 16.7 Å². The van der Waals surface area contributed by atoms with Gasteiger partial charge in [-0.25, -0.2) is 4.98 Å². The third-order valence-corrected chi connectivity index (χ3v) is 2.77. The van der Waals surface area contributed by atoms with Crippen molar-refractivity contribution in [3.8, 4) is 11.4 Å². The fraction of sp³-hybridized carbons (Fsp3) is 0.455. The van der Waals surface area contributed by atoms with Gasteiger partial charge >= 0.3 is 0 Å². The molecule has 0 spiro atoms. The van der Waals surface area contributed by atoms with E-state index in [2.05, 4.69) is 22.1 Å². The Morgan fingerprint density at radius 1 is 1.53 bits per heavy atom. The van der Waals surface area contributed by atoms with Gasteiger partial charge in [0.15, 0.2) is 5.82 Å². The molecule has 2 heterocycles. The second-order valence-electron chi connectivity index (χ2n) is 3.93. The Labute approximate surface area is 87.7 Å². The molecule has 0 unspecified atom stereocenters.